The van der Waals surface area contributed by atoms with Crippen molar-refractivity contribution in [2.75, 3.05) is 6.54 Å². The van der Waals surface area contributed by atoms with Crippen molar-refractivity contribution in [2.24, 2.45) is 0 Å². The van der Waals surface area contributed by atoms with Gasteiger partial charge < -0.3 is 9.88 Å². The molecule has 3 rings (SSSR count). The van der Waals surface area contributed by atoms with Crippen LogP contribution in [0.3, 0.4) is 0 Å². The van der Waals surface area contributed by atoms with Crippen LogP contribution in [0.25, 0.3) is 0 Å². The first-order chi connectivity index (χ1) is 7.36. The van der Waals surface area contributed by atoms with Gasteiger partial charge in [-0.05, 0) is 32.2 Å². The van der Waals surface area contributed by atoms with Crippen molar-refractivity contribution in [3.63, 3.8) is 0 Å². The molecule has 2 aliphatic rings. The minimum absolute atomic E-state index is 0.399. The molecule has 3 nitrogen and oxygen atoms in total. The molecule has 0 radical (unpaired) electrons. The van der Waals surface area contributed by atoms with E-state index in [1.807, 2.05) is 0 Å². The van der Waals surface area contributed by atoms with Crippen molar-refractivity contribution < 1.29 is 0 Å². The second-order valence-electron chi connectivity index (χ2n) is 4.46. The number of aromatic nitrogens is 2. The van der Waals surface area contributed by atoms with E-state index < -0.39 is 0 Å². The van der Waals surface area contributed by atoms with Crippen LogP contribution in [0, 0.1) is 0 Å². The van der Waals surface area contributed by atoms with Crippen molar-refractivity contribution in [3.8, 4) is 0 Å². The SMILES string of the molecule is Clc1c(C2CCCN2)nc2n1CCCC2. The van der Waals surface area contributed by atoms with E-state index in [2.05, 4.69) is 9.88 Å². The Labute approximate surface area is 94.8 Å². The van der Waals surface area contributed by atoms with Gasteiger partial charge in [0.1, 0.15) is 11.0 Å². The van der Waals surface area contributed by atoms with Crippen molar-refractivity contribution in [1.82, 2.24) is 14.9 Å². The largest absolute Gasteiger partial charge is 0.319 e. The Morgan fingerprint density at radius 2 is 2.27 bits per heavy atom. The average Bonchev–Trinajstić information content (AvgIpc) is 2.87. The van der Waals surface area contributed by atoms with Gasteiger partial charge in [-0.25, -0.2) is 4.98 Å². The van der Waals surface area contributed by atoms with Crippen LogP contribution in [0.4, 0.5) is 0 Å². The van der Waals surface area contributed by atoms with E-state index in [4.69, 9.17) is 16.6 Å². The Balaban J connectivity index is 1.97. The molecule has 3 heterocycles. The number of nitrogens with one attached hydrogen (secondary N) is 1. The lowest BCUT2D eigenvalue weighted by atomic mass is 10.2. The molecule has 82 valence electrons. The number of aryl methyl sites for hydroxylation is 1. The molecular weight excluding hydrogens is 210 g/mol. The van der Waals surface area contributed by atoms with Crippen LogP contribution in [0.2, 0.25) is 5.15 Å². The molecule has 0 spiro atoms. The van der Waals surface area contributed by atoms with Gasteiger partial charge in [0.15, 0.2) is 0 Å². The van der Waals surface area contributed by atoms with Gasteiger partial charge in [0.25, 0.3) is 0 Å². The number of hydrogen-bond acceptors (Lipinski definition) is 2. The summed E-state index contributed by atoms with van der Waals surface area (Å²) < 4.78 is 2.19. The van der Waals surface area contributed by atoms with Crippen molar-refractivity contribution in [2.45, 2.75) is 44.7 Å². The number of hydrogen-bond donors (Lipinski definition) is 1. The summed E-state index contributed by atoms with van der Waals surface area (Å²) in [5, 5.41) is 4.34. The molecule has 15 heavy (non-hydrogen) atoms. The predicted molar refractivity (Wildman–Crippen MR) is 60.2 cm³/mol. The fourth-order valence-electron chi connectivity index (χ4n) is 2.61. The number of rotatable bonds is 1. The van der Waals surface area contributed by atoms with Gasteiger partial charge in [0.2, 0.25) is 0 Å². The molecule has 0 amide bonds. The molecule has 0 aromatic carbocycles. The zero-order chi connectivity index (χ0) is 10.3. The third-order valence-corrected chi connectivity index (χ3v) is 3.83. The van der Waals surface area contributed by atoms with Gasteiger partial charge in [0, 0.05) is 13.0 Å². The first kappa shape index (κ1) is 9.67. The Morgan fingerprint density at radius 3 is 3.00 bits per heavy atom. The zero-order valence-electron chi connectivity index (χ0n) is 8.80. The third kappa shape index (κ3) is 1.58. The Hall–Kier alpha value is -0.540. The van der Waals surface area contributed by atoms with E-state index in [1.54, 1.807) is 0 Å². The molecule has 1 fully saturated rings. The van der Waals surface area contributed by atoms with Crippen LogP contribution in [0.1, 0.15) is 43.2 Å². The third-order valence-electron chi connectivity index (χ3n) is 3.43. The minimum Gasteiger partial charge on any atom is -0.319 e. The number of fused-ring (bicyclic) bond motifs is 1. The van der Waals surface area contributed by atoms with Gasteiger partial charge in [-0.1, -0.05) is 11.6 Å². The second kappa shape index (κ2) is 3.80. The summed E-state index contributed by atoms with van der Waals surface area (Å²) in [7, 11) is 0. The van der Waals surface area contributed by atoms with E-state index in [-0.39, 0.29) is 0 Å². The monoisotopic (exact) mass is 225 g/mol. The fraction of sp³-hybridized carbons (Fsp3) is 0.727. The summed E-state index contributed by atoms with van der Waals surface area (Å²) in [6.07, 6.45) is 6.00. The molecule has 0 saturated carbocycles. The van der Waals surface area contributed by atoms with Gasteiger partial charge in [-0.2, -0.15) is 0 Å². The molecule has 2 aliphatic heterocycles. The average molecular weight is 226 g/mol. The molecule has 1 unspecified atom stereocenters. The Bertz CT molecular complexity index is 366. The smallest absolute Gasteiger partial charge is 0.133 e. The first-order valence-electron chi connectivity index (χ1n) is 5.84. The minimum atomic E-state index is 0.399. The van der Waals surface area contributed by atoms with E-state index in [9.17, 15) is 0 Å². The topological polar surface area (TPSA) is 29.9 Å². The molecule has 1 aromatic rings. The van der Waals surface area contributed by atoms with Crippen molar-refractivity contribution in [3.05, 3.63) is 16.7 Å². The van der Waals surface area contributed by atoms with Crippen molar-refractivity contribution in [1.29, 1.82) is 0 Å². The maximum absolute atomic E-state index is 6.38. The quantitative estimate of drug-likeness (QED) is 0.795. The van der Waals surface area contributed by atoms with Crippen LogP contribution in [-0.2, 0) is 13.0 Å². The highest BCUT2D eigenvalue weighted by atomic mass is 35.5. The molecule has 1 N–H and O–H groups in total. The van der Waals surface area contributed by atoms with Gasteiger partial charge in [-0.15, -0.1) is 0 Å². The van der Waals surface area contributed by atoms with Crippen LogP contribution >= 0.6 is 11.6 Å². The lowest BCUT2D eigenvalue weighted by Gasteiger charge is -2.13. The standard InChI is InChI=1S/C11H16ClN3/c12-11-10(8-4-3-6-13-8)14-9-5-1-2-7-15(9)11/h8,13H,1-7H2. The van der Waals surface area contributed by atoms with Crippen molar-refractivity contribution >= 4 is 11.6 Å². The molecular formula is C11H16ClN3. The van der Waals surface area contributed by atoms with Crippen LogP contribution in [-0.4, -0.2) is 16.1 Å². The van der Waals surface area contributed by atoms with Crippen LogP contribution in [0.5, 0.6) is 0 Å². The summed E-state index contributed by atoms with van der Waals surface area (Å²) >= 11 is 6.38. The number of nitrogens with zero attached hydrogens (tertiary/aromatic N) is 2. The maximum atomic E-state index is 6.38. The second-order valence-corrected chi connectivity index (χ2v) is 4.82. The lowest BCUT2D eigenvalue weighted by Crippen LogP contribution is -2.13. The summed E-state index contributed by atoms with van der Waals surface area (Å²) in [6, 6.07) is 0.399. The van der Waals surface area contributed by atoms with E-state index >= 15 is 0 Å². The van der Waals surface area contributed by atoms with Gasteiger partial charge >= 0.3 is 0 Å². The Kier molecular flexibility index (Phi) is 2.45. The zero-order valence-corrected chi connectivity index (χ0v) is 9.56. The Morgan fingerprint density at radius 1 is 1.33 bits per heavy atom. The number of imidazole rings is 1. The van der Waals surface area contributed by atoms with Gasteiger partial charge in [-0.3, -0.25) is 0 Å². The molecule has 1 aromatic heterocycles. The van der Waals surface area contributed by atoms with Crippen LogP contribution < -0.4 is 5.32 Å². The van der Waals surface area contributed by atoms with E-state index in [0.717, 1.165) is 30.4 Å². The van der Waals surface area contributed by atoms with E-state index in [0.29, 0.717) is 6.04 Å². The lowest BCUT2D eigenvalue weighted by molar-refractivity contribution is 0.523. The van der Waals surface area contributed by atoms with Crippen LogP contribution in [0.15, 0.2) is 0 Å². The summed E-state index contributed by atoms with van der Waals surface area (Å²) in [5.74, 6) is 1.19. The predicted octanol–water partition coefficient (Wildman–Crippen LogP) is 2.30. The fourth-order valence-corrected chi connectivity index (χ4v) is 2.96. The normalized spacial score (nSPS) is 25.5. The molecule has 1 atom stereocenters. The highest BCUT2D eigenvalue weighted by molar-refractivity contribution is 6.30. The molecule has 0 bridgehead atoms. The molecule has 1 saturated heterocycles. The highest BCUT2D eigenvalue weighted by Gasteiger charge is 2.25. The molecule has 4 heteroatoms. The first-order valence-corrected chi connectivity index (χ1v) is 6.22. The molecule has 0 aliphatic carbocycles. The number of halogens is 1. The maximum Gasteiger partial charge on any atom is 0.133 e. The summed E-state index contributed by atoms with van der Waals surface area (Å²) in [5.41, 5.74) is 1.09. The summed E-state index contributed by atoms with van der Waals surface area (Å²) in [6.45, 7) is 2.15. The highest BCUT2D eigenvalue weighted by Crippen LogP contribution is 2.31. The summed E-state index contributed by atoms with van der Waals surface area (Å²) in [4.78, 5) is 4.70. The van der Waals surface area contributed by atoms with E-state index in [1.165, 1.54) is 31.5 Å². The van der Waals surface area contributed by atoms with Gasteiger partial charge in [0.05, 0.1) is 11.7 Å².